The van der Waals surface area contributed by atoms with Crippen molar-refractivity contribution in [3.63, 3.8) is 0 Å². The largest absolute Gasteiger partial charge is 0.324 e. The molecule has 20 heavy (non-hydrogen) atoms. The molecule has 0 saturated carbocycles. The van der Waals surface area contributed by atoms with E-state index in [9.17, 15) is 9.59 Å². The molecule has 0 fully saturated rings. The Balaban J connectivity index is 2.13. The molecule has 0 saturated heterocycles. The minimum absolute atomic E-state index is 0.0787. The summed E-state index contributed by atoms with van der Waals surface area (Å²) in [5.74, 6) is -0.165. The number of rotatable bonds is 4. The van der Waals surface area contributed by atoms with Crippen LogP contribution in [-0.2, 0) is 16.0 Å². The first-order valence-electron chi connectivity index (χ1n) is 6.23. The van der Waals surface area contributed by atoms with Crippen LogP contribution in [-0.4, -0.2) is 18.9 Å². The predicted molar refractivity (Wildman–Crippen MR) is 82.2 cm³/mol. The van der Waals surface area contributed by atoms with Gasteiger partial charge in [-0.2, -0.15) is 0 Å². The second kappa shape index (κ2) is 6.34. The van der Waals surface area contributed by atoms with Gasteiger partial charge in [-0.05, 0) is 23.6 Å². The minimum atomic E-state index is -0.0862. The van der Waals surface area contributed by atoms with Gasteiger partial charge in [-0.3, -0.25) is 9.59 Å². The quantitative estimate of drug-likeness (QED) is 0.940. The fraction of sp³-hybridized carbons (Fsp3) is 0.200. The third kappa shape index (κ3) is 3.45. The van der Waals surface area contributed by atoms with Crippen molar-refractivity contribution in [1.82, 2.24) is 0 Å². The van der Waals surface area contributed by atoms with Gasteiger partial charge in [-0.1, -0.05) is 18.2 Å². The second-order valence-corrected chi connectivity index (χ2v) is 5.43. The third-order valence-corrected chi connectivity index (χ3v) is 3.80. The van der Waals surface area contributed by atoms with Crippen LogP contribution < -0.4 is 10.2 Å². The van der Waals surface area contributed by atoms with Crippen molar-refractivity contribution >= 4 is 34.5 Å². The maximum absolute atomic E-state index is 12.0. The molecule has 0 bridgehead atoms. The van der Waals surface area contributed by atoms with Gasteiger partial charge in [0.05, 0.1) is 17.8 Å². The molecule has 4 nitrogen and oxygen atoms in total. The molecule has 104 valence electrons. The van der Waals surface area contributed by atoms with Gasteiger partial charge in [-0.25, -0.2) is 0 Å². The van der Waals surface area contributed by atoms with Crippen LogP contribution in [0.1, 0.15) is 11.8 Å². The number of carbonyl (C=O) groups is 2. The van der Waals surface area contributed by atoms with Crippen LogP contribution in [0.15, 0.2) is 41.8 Å². The SMILES string of the molecule is CC(=O)N(C)c1ccccc1NC(=O)Cc1cccs1. The lowest BCUT2D eigenvalue weighted by atomic mass is 10.2. The molecule has 2 aromatic rings. The van der Waals surface area contributed by atoms with Crippen molar-refractivity contribution in [2.24, 2.45) is 0 Å². The van der Waals surface area contributed by atoms with E-state index in [-0.39, 0.29) is 11.8 Å². The zero-order valence-corrected chi connectivity index (χ0v) is 12.2. The van der Waals surface area contributed by atoms with Gasteiger partial charge in [0.2, 0.25) is 11.8 Å². The number of nitrogens with one attached hydrogen (secondary N) is 1. The van der Waals surface area contributed by atoms with Crippen molar-refractivity contribution in [2.45, 2.75) is 13.3 Å². The first-order valence-corrected chi connectivity index (χ1v) is 7.11. The molecule has 0 atom stereocenters. The average Bonchev–Trinajstić information content (AvgIpc) is 2.91. The van der Waals surface area contributed by atoms with Crippen LogP contribution in [0.2, 0.25) is 0 Å². The van der Waals surface area contributed by atoms with Crippen LogP contribution >= 0.6 is 11.3 Å². The topological polar surface area (TPSA) is 49.4 Å². The number of carbonyl (C=O) groups excluding carboxylic acids is 2. The molecule has 1 aromatic carbocycles. The Morgan fingerprint density at radius 1 is 1.20 bits per heavy atom. The maximum atomic E-state index is 12.0. The minimum Gasteiger partial charge on any atom is -0.324 e. The van der Waals surface area contributed by atoms with Crippen molar-refractivity contribution in [3.05, 3.63) is 46.7 Å². The predicted octanol–water partition coefficient (Wildman–Crippen LogP) is 2.91. The second-order valence-electron chi connectivity index (χ2n) is 4.40. The Morgan fingerprint density at radius 2 is 1.95 bits per heavy atom. The van der Waals surface area contributed by atoms with E-state index in [0.717, 1.165) is 4.88 Å². The molecule has 5 heteroatoms. The monoisotopic (exact) mass is 288 g/mol. The van der Waals surface area contributed by atoms with E-state index in [0.29, 0.717) is 17.8 Å². The maximum Gasteiger partial charge on any atom is 0.229 e. The summed E-state index contributed by atoms with van der Waals surface area (Å²) in [6, 6.07) is 11.1. The number of nitrogens with zero attached hydrogens (tertiary/aromatic N) is 1. The molecule has 0 radical (unpaired) electrons. The Kier molecular flexibility index (Phi) is 4.53. The van der Waals surface area contributed by atoms with Gasteiger partial charge in [0, 0.05) is 18.8 Å². The highest BCUT2D eigenvalue weighted by atomic mass is 32.1. The molecule has 2 amide bonds. The van der Waals surface area contributed by atoms with Crippen LogP contribution in [0.5, 0.6) is 0 Å². The summed E-state index contributed by atoms with van der Waals surface area (Å²) in [6.07, 6.45) is 0.343. The lowest BCUT2D eigenvalue weighted by Crippen LogP contribution is -2.25. The summed E-state index contributed by atoms with van der Waals surface area (Å²) >= 11 is 1.55. The lowest BCUT2D eigenvalue weighted by Gasteiger charge is -2.19. The normalized spacial score (nSPS) is 10.1. The van der Waals surface area contributed by atoms with Gasteiger partial charge in [0.25, 0.3) is 0 Å². The molecule has 1 heterocycles. The average molecular weight is 288 g/mol. The Bertz CT molecular complexity index is 608. The van der Waals surface area contributed by atoms with Gasteiger partial charge in [-0.15, -0.1) is 11.3 Å². The fourth-order valence-electron chi connectivity index (χ4n) is 1.81. The summed E-state index contributed by atoms with van der Waals surface area (Å²) in [6.45, 7) is 1.49. The molecular weight excluding hydrogens is 272 g/mol. The summed E-state index contributed by atoms with van der Waals surface area (Å²) in [7, 11) is 1.69. The molecule has 1 N–H and O–H groups in total. The number of para-hydroxylation sites is 2. The van der Waals surface area contributed by atoms with Gasteiger partial charge in [0.15, 0.2) is 0 Å². The summed E-state index contributed by atoms with van der Waals surface area (Å²) in [5, 5.41) is 4.80. The lowest BCUT2D eigenvalue weighted by molar-refractivity contribution is -0.117. The van der Waals surface area contributed by atoms with Crippen LogP contribution in [0, 0.1) is 0 Å². The van der Waals surface area contributed by atoms with E-state index >= 15 is 0 Å². The van der Waals surface area contributed by atoms with E-state index in [1.165, 1.54) is 11.8 Å². The number of thiophene rings is 1. The summed E-state index contributed by atoms with van der Waals surface area (Å²) in [5.41, 5.74) is 1.34. The van der Waals surface area contributed by atoms with E-state index in [2.05, 4.69) is 5.32 Å². The fourth-order valence-corrected chi connectivity index (χ4v) is 2.51. The molecule has 2 rings (SSSR count). The highest BCUT2D eigenvalue weighted by Crippen LogP contribution is 2.25. The van der Waals surface area contributed by atoms with Gasteiger partial charge < -0.3 is 10.2 Å². The third-order valence-electron chi connectivity index (χ3n) is 2.93. The van der Waals surface area contributed by atoms with Crippen LogP contribution in [0.4, 0.5) is 11.4 Å². The number of hydrogen-bond acceptors (Lipinski definition) is 3. The number of benzene rings is 1. The van der Waals surface area contributed by atoms with E-state index < -0.39 is 0 Å². The van der Waals surface area contributed by atoms with Gasteiger partial charge >= 0.3 is 0 Å². The number of amides is 2. The molecule has 0 spiro atoms. The molecule has 0 aliphatic heterocycles. The Morgan fingerprint density at radius 3 is 2.60 bits per heavy atom. The Labute approximate surface area is 122 Å². The first-order chi connectivity index (χ1) is 9.58. The summed E-state index contributed by atoms with van der Waals surface area (Å²) in [4.78, 5) is 26.0. The van der Waals surface area contributed by atoms with Crippen molar-refractivity contribution in [3.8, 4) is 0 Å². The van der Waals surface area contributed by atoms with E-state index in [4.69, 9.17) is 0 Å². The van der Waals surface area contributed by atoms with Crippen LogP contribution in [0.3, 0.4) is 0 Å². The van der Waals surface area contributed by atoms with Crippen molar-refractivity contribution in [2.75, 3.05) is 17.3 Å². The molecule has 0 aliphatic carbocycles. The standard InChI is InChI=1S/C15H16N2O2S/c1-11(18)17(2)14-8-4-3-7-13(14)16-15(19)10-12-6-5-9-20-12/h3-9H,10H2,1-2H3,(H,16,19). The molecule has 1 aromatic heterocycles. The zero-order valence-electron chi connectivity index (χ0n) is 11.4. The summed E-state index contributed by atoms with van der Waals surface area (Å²) < 4.78 is 0. The Hall–Kier alpha value is -2.14. The number of anilines is 2. The van der Waals surface area contributed by atoms with Crippen molar-refractivity contribution in [1.29, 1.82) is 0 Å². The van der Waals surface area contributed by atoms with E-state index in [1.54, 1.807) is 24.5 Å². The smallest absolute Gasteiger partial charge is 0.229 e. The van der Waals surface area contributed by atoms with Gasteiger partial charge in [0.1, 0.15) is 0 Å². The highest BCUT2D eigenvalue weighted by molar-refractivity contribution is 7.10. The van der Waals surface area contributed by atoms with Crippen molar-refractivity contribution < 1.29 is 9.59 Å². The molecule has 0 aliphatic rings. The highest BCUT2D eigenvalue weighted by Gasteiger charge is 2.12. The van der Waals surface area contributed by atoms with Crippen LogP contribution in [0.25, 0.3) is 0 Å². The zero-order chi connectivity index (χ0) is 14.5. The first kappa shape index (κ1) is 14.3. The van der Waals surface area contributed by atoms with E-state index in [1.807, 2.05) is 35.7 Å². The molecular formula is C15H16N2O2S. The molecule has 0 unspecified atom stereocenters. The number of hydrogen-bond donors (Lipinski definition) is 1.